The summed E-state index contributed by atoms with van der Waals surface area (Å²) in [4.78, 5) is 10.9. The van der Waals surface area contributed by atoms with Crippen molar-refractivity contribution in [3.05, 3.63) is 27.7 Å². The fraction of sp³-hybridized carbons (Fsp3) is 0.364. The molecule has 1 atom stereocenters. The van der Waals surface area contributed by atoms with Crippen molar-refractivity contribution in [2.45, 2.75) is 26.9 Å². The molecule has 1 aromatic rings. The fourth-order valence-electron chi connectivity index (χ4n) is 1.32. The molecule has 0 bridgehead atoms. The van der Waals surface area contributed by atoms with E-state index in [9.17, 15) is 4.79 Å². The Bertz CT molecular complexity index is 367. The van der Waals surface area contributed by atoms with Gasteiger partial charge in [-0.15, -0.1) is 0 Å². The van der Waals surface area contributed by atoms with Crippen LogP contribution in [-0.4, -0.2) is 12.0 Å². The number of primary amides is 1. The van der Waals surface area contributed by atoms with Crippen molar-refractivity contribution in [2.24, 2.45) is 5.73 Å². The normalized spacial score (nSPS) is 12.3. The minimum atomic E-state index is -0.608. The van der Waals surface area contributed by atoms with Gasteiger partial charge in [-0.25, -0.2) is 0 Å². The predicted molar refractivity (Wildman–Crippen MR) is 62.9 cm³/mol. The highest BCUT2D eigenvalue weighted by Gasteiger charge is 2.13. The SMILES string of the molecule is Cc1cc(Br)cc(C)c1O[C@@H](C)C(N)=O. The molecule has 0 radical (unpaired) electrons. The van der Waals surface area contributed by atoms with E-state index in [4.69, 9.17) is 10.5 Å². The molecule has 15 heavy (non-hydrogen) atoms. The molecule has 1 amide bonds. The number of carbonyl (C=O) groups is 1. The summed E-state index contributed by atoms with van der Waals surface area (Å²) in [5, 5.41) is 0. The Morgan fingerprint density at radius 1 is 1.40 bits per heavy atom. The van der Waals surface area contributed by atoms with E-state index in [1.807, 2.05) is 26.0 Å². The summed E-state index contributed by atoms with van der Waals surface area (Å²) in [5.74, 6) is 0.265. The molecule has 2 N–H and O–H groups in total. The minimum Gasteiger partial charge on any atom is -0.480 e. The number of halogens is 1. The predicted octanol–water partition coefficient (Wildman–Crippen LogP) is 2.32. The van der Waals surface area contributed by atoms with Crippen LogP contribution in [0.1, 0.15) is 18.1 Å². The van der Waals surface area contributed by atoms with Gasteiger partial charge >= 0.3 is 0 Å². The Balaban J connectivity index is 3.00. The first-order valence-electron chi connectivity index (χ1n) is 4.64. The average molecular weight is 272 g/mol. The second-order valence-corrected chi connectivity index (χ2v) is 4.45. The highest BCUT2D eigenvalue weighted by molar-refractivity contribution is 9.10. The average Bonchev–Trinajstić information content (AvgIpc) is 2.10. The van der Waals surface area contributed by atoms with Gasteiger partial charge in [0.05, 0.1) is 0 Å². The molecule has 0 aromatic heterocycles. The third kappa shape index (κ3) is 2.96. The number of amides is 1. The van der Waals surface area contributed by atoms with Crippen molar-refractivity contribution in [3.8, 4) is 5.75 Å². The first kappa shape index (κ1) is 12.0. The summed E-state index contributed by atoms with van der Waals surface area (Å²) >= 11 is 3.40. The van der Waals surface area contributed by atoms with Crippen molar-refractivity contribution in [2.75, 3.05) is 0 Å². The molecular weight excluding hydrogens is 258 g/mol. The smallest absolute Gasteiger partial charge is 0.258 e. The molecule has 0 unspecified atom stereocenters. The molecule has 0 heterocycles. The van der Waals surface area contributed by atoms with Crippen molar-refractivity contribution >= 4 is 21.8 Å². The van der Waals surface area contributed by atoms with Crippen LogP contribution in [0, 0.1) is 13.8 Å². The Kier molecular flexibility index (Phi) is 3.74. The molecule has 1 aromatic carbocycles. The molecule has 0 aliphatic rings. The Labute approximate surface area is 97.7 Å². The van der Waals surface area contributed by atoms with Gasteiger partial charge in [-0.05, 0) is 44.0 Å². The quantitative estimate of drug-likeness (QED) is 0.918. The van der Waals surface area contributed by atoms with Gasteiger partial charge in [0.2, 0.25) is 0 Å². The number of rotatable bonds is 3. The summed E-state index contributed by atoms with van der Waals surface area (Å²) in [6.45, 7) is 5.50. The zero-order valence-corrected chi connectivity index (χ0v) is 10.6. The Morgan fingerprint density at radius 2 is 1.87 bits per heavy atom. The van der Waals surface area contributed by atoms with Gasteiger partial charge in [0.1, 0.15) is 5.75 Å². The van der Waals surface area contributed by atoms with Gasteiger partial charge in [0.15, 0.2) is 6.10 Å². The maximum atomic E-state index is 10.9. The van der Waals surface area contributed by atoms with E-state index in [2.05, 4.69) is 15.9 Å². The Hall–Kier alpha value is -1.03. The number of aryl methyl sites for hydroxylation is 2. The van der Waals surface area contributed by atoms with E-state index >= 15 is 0 Å². The van der Waals surface area contributed by atoms with Crippen LogP contribution in [0.4, 0.5) is 0 Å². The number of hydrogen-bond acceptors (Lipinski definition) is 2. The molecule has 1 rings (SSSR count). The van der Waals surface area contributed by atoms with Gasteiger partial charge in [0, 0.05) is 4.47 Å². The van der Waals surface area contributed by atoms with Gasteiger partial charge in [-0.2, -0.15) is 0 Å². The summed E-state index contributed by atoms with van der Waals surface area (Å²) in [7, 11) is 0. The number of hydrogen-bond donors (Lipinski definition) is 1. The molecule has 0 fully saturated rings. The summed E-state index contributed by atoms with van der Waals surface area (Å²) in [6, 6.07) is 3.88. The number of ether oxygens (including phenoxy) is 1. The molecule has 0 aliphatic heterocycles. The van der Waals surface area contributed by atoms with E-state index in [1.165, 1.54) is 0 Å². The van der Waals surface area contributed by atoms with Crippen molar-refractivity contribution < 1.29 is 9.53 Å². The summed E-state index contributed by atoms with van der Waals surface area (Å²) in [5.41, 5.74) is 7.10. The van der Waals surface area contributed by atoms with Crippen LogP contribution in [0.25, 0.3) is 0 Å². The van der Waals surface area contributed by atoms with Gasteiger partial charge < -0.3 is 10.5 Å². The third-order valence-electron chi connectivity index (χ3n) is 2.12. The highest BCUT2D eigenvalue weighted by atomic mass is 79.9. The van der Waals surface area contributed by atoms with Crippen molar-refractivity contribution in [1.29, 1.82) is 0 Å². The topological polar surface area (TPSA) is 52.3 Å². The number of benzene rings is 1. The fourth-order valence-corrected chi connectivity index (χ4v) is 2.00. The van der Waals surface area contributed by atoms with Crippen molar-refractivity contribution in [1.82, 2.24) is 0 Å². The lowest BCUT2D eigenvalue weighted by Crippen LogP contribution is -2.31. The lowest BCUT2D eigenvalue weighted by Gasteiger charge is -2.16. The van der Waals surface area contributed by atoms with Crippen LogP contribution in [-0.2, 0) is 4.79 Å². The molecule has 0 spiro atoms. The van der Waals surface area contributed by atoms with Crippen LogP contribution in [0.5, 0.6) is 5.75 Å². The molecule has 82 valence electrons. The van der Waals surface area contributed by atoms with E-state index in [-0.39, 0.29) is 0 Å². The van der Waals surface area contributed by atoms with Crippen LogP contribution >= 0.6 is 15.9 Å². The first-order chi connectivity index (χ1) is 6.91. The zero-order chi connectivity index (χ0) is 11.6. The van der Waals surface area contributed by atoms with Crippen LogP contribution in [0.3, 0.4) is 0 Å². The van der Waals surface area contributed by atoms with Gasteiger partial charge in [0.25, 0.3) is 5.91 Å². The Morgan fingerprint density at radius 3 is 2.27 bits per heavy atom. The van der Waals surface area contributed by atoms with Crippen molar-refractivity contribution in [3.63, 3.8) is 0 Å². The third-order valence-corrected chi connectivity index (χ3v) is 2.58. The first-order valence-corrected chi connectivity index (χ1v) is 5.44. The maximum Gasteiger partial charge on any atom is 0.258 e. The van der Waals surface area contributed by atoms with E-state index < -0.39 is 12.0 Å². The number of carbonyl (C=O) groups excluding carboxylic acids is 1. The monoisotopic (exact) mass is 271 g/mol. The van der Waals surface area contributed by atoms with Gasteiger partial charge in [-0.3, -0.25) is 4.79 Å². The lowest BCUT2D eigenvalue weighted by molar-refractivity contribution is -0.124. The minimum absolute atomic E-state index is 0.461. The summed E-state index contributed by atoms with van der Waals surface area (Å²) < 4.78 is 6.49. The maximum absolute atomic E-state index is 10.9. The second-order valence-electron chi connectivity index (χ2n) is 3.53. The largest absolute Gasteiger partial charge is 0.480 e. The van der Waals surface area contributed by atoms with Crippen LogP contribution < -0.4 is 10.5 Å². The highest BCUT2D eigenvalue weighted by Crippen LogP contribution is 2.27. The second kappa shape index (κ2) is 4.66. The van der Waals surface area contributed by atoms with Gasteiger partial charge in [-0.1, -0.05) is 15.9 Å². The summed E-state index contributed by atoms with van der Waals surface area (Å²) in [6.07, 6.45) is -0.608. The lowest BCUT2D eigenvalue weighted by atomic mass is 10.1. The van der Waals surface area contributed by atoms with E-state index in [0.29, 0.717) is 0 Å². The zero-order valence-electron chi connectivity index (χ0n) is 9.00. The molecule has 3 nitrogen and oxygen atoms in total. The van der Waals surface area contributed by atoms with Crippen LogP contribution in [0.15, 0.2) is 16.6 Å². The molecule has 0 aliphatic carbocycles. The van der Waals surface area contributed by atoms with E-state index in [1.54, 1.807) is 6.92 Å². The number of nitrogens with two attached hydrogens (primary N) is 1. The molecule has 4 heteroatoms. The molecular formula is C11H14BrNO2. The van der Waals surface area contributed by atoms with Crippen LogP contribution in [0.2, 0.25) is 0 Å². The van der Waals surface area contributed by atoms with E-state index in [0.717, 1.165) is 21.3 Å². The standard InChI is InChI=1S/C11H14BrNO2/c1-6-4-9(12)5-7(2)10(6)15-8(3)11(13)14/h4-5,8H,1-3H3,(H2,13,14)/t8-/m0/s1. The molecule has 0 saturated carbocycles. The molecule has 0 saturated heterocycles.